The van der Waals surface area contributed by atoms with Gasteiger partial charge in [0.05, 0.1) is 14.2 Å². The third-order valence-corrected chi connectivity index (χ3v) is 3.82. The molecule has 0 heterocycles. The van der Waals surface area contributed by atoms with E-state index >= 15 is 0 Å². The molecule has 0 unspecified atom stereocenters. The maximum absolute atomic E-state index is 12.4. The van der Waals surface area contributed by atoms with E-state index in [1.165, 1.54) is 34.1 Å². The van der Waals surface area contributed by atoms with Gasteiger partial charge in [0.25, 0.3) is 5.91 Å². The van der Waals surface area contributed by atoms with E-state index in [1.54, 1.807) is 36.4 Å². The smallest absolute Gasteiger partial charge is 0.342 e. The number of ketones is 1. The maximum Gasteiger partial charge on any atom is 0.342 e. The molecule has 2 aromatic carbocycles. The molecule has 142 valence electrons. The summed E-state index contributed by atoms with van der Waals surface area (Å²) in [6.07, 6.45) is -1.05. The van der Waals surface area contributed by atoms with Crippen molar-refractivity contribution >= 4 is 23.3 Å². The lowest BCUT2D eigenvalue weighted by molar-refractivity contribution is -0.123. The van der Waals surface area contributed by atoms with Crippen molar-refractivity contribution in [3.05, 3.63) is 53.6 Å². The highest BCUT2D eigenvalue weighted by Gasteiger charge is 2.22. The minimum Gasteiger partial charge on any atom is -0.497 e. The monoisotopic (exact) mass is 371 g/mol. The zero-order valence-electron chi connectivity index (χ0n) is 15.6. The number of nitrogens with one attached hydrogen (secondary N) is 1. The van der Waals surface area contributed by atoms with Crippen molar-refractivity contribution in [1.82, 2.24) is 0 Å². The third-order valence-electron chi connectivity index (χ3n) is 3.82. The van der Waals surface area contributed by atoms with Crippen LogP contribution < -0.4 is 14.8 Å². The molecular formula is C20H21NO6. The second-order valence-electron chi connectivity index (χ2n) is 5.74. The lowest BCUT2D eigenvalue weighted by atomic mass is 10.1. The lowest BCUT2D eigenvalue weighted by Gasteiger charge is -2.15. The third kappa shape index (κ3) is 5.07. The quantitative estimate of drug-likeness (QED) is 0.594. The molecule has 0 aliphatic carbocycles. The van der Waals surface area contributed by atoms with Crippen LogP contribution in [0, 0.1) is 0 Å². The minimum absolute atomic E-state index is 0.114. The largest absolute Gasteiger partial charge is 0.497 e. The Morgan fingerprint density at radius 3 is 2.37 bits per heavy atom. The van der Waals surface area contributed by atoms with Gasteiger partial charge in [0.15, 0.2) is 11.9 Å². The lowest BCUT2D eigenvalue weighted by Crippen LogP contribution is -2.30. The number of carbonyl (C=O) groups is 3. The van der Waals surface area contributed by atoms with Gasteiger partial charge in [-0.15, -0.1) is 0 Å². The van der Waals surface area contributed by atoms with Gasteiger partial charge in [0.2, 0.25) is 0 Å². The van der Waals surface area contributed by atoms with E-state index in [2.05, 4.69) is 5.32 Å². The molecule has 0 aromatic heterocycles. The first kappa shape index (κ1) is 20.0. The molecule has 0 aliphatic heterocycles. The number of Topliss-reactive ketones (excluding diaryl/α,β-unsaturated/α-hetero) is 1. The van der Waals surface area contributed by atoms with Crippen LogP contribution in [0.15, 0.2) is 42.5 Å². The zero-order valence-corrected chi connectivity index (χ0v) is 15.6. The number of carbonyl (C=O) groups excluding carboxylic acids is 3. The van der Waals surface area contributed by atoms with Gasteiger partial charge in [-0.05, 0) is 38.1 Å². The Morgan fingerprint density at radius 2 is 1.74 bits per heavy atom. The Labute approximate surface area is 157 Å². The molecule has 2 rings (SSSR count). The summed E-state index contributed by atoms with van der Waals surface area (Å²) >= 11 is 0. The van der Waals surface area contributed by atoms with E-state index in [-0.39, 0.29) is 17.1 Å². The highest BCUT2D eigenvalue weighted by atomic mass is 16.5. The first-order chi connectivity index (χ1) is 12.8. The Bertz CT molecular complexity index is 861. The van der Waals surface area contributed by atoms with Gasteiger partial charge in [0.1, 0.15) is 17.1 Å². The first-order valence-corrected chi connectivity index (χ1v) is 8.20. The number of hydrogen-bond acceptors (Lipinski definition) is 6. The van der Waals surface area contributed by atoms with Gasteiger partial charge in [0, 0.05) is 17.3 Å². The Kier molecular flexibility index (Phi) is 6.54. The van der Waals surface area contributed by atoms with Gasteiger partial charge in [-0.25, -0.2) is 4.79 Å². The molecule has 1 amide bonds. The summed E-state index contributed by atoms with van der Waals surface area (Å²) in [7, 11) is 2.92. The predicted octanol–water partition coefficient (Wildman–Crippen LogP) is 3.09. The second kappa shape index (κ2) is 8.84. The molecule has 27 heavy (non-hydrogen) atoms. The molecule has 1 atom stereocenters. The van der Waals surface area contributed by atoms with Gasteiger partial charge >= 0.3 is 5.97 Å². The molecule has 7 heteroatoms. The minimum atomic E-state index is -1.05. The first-order valence-electron chi connectivity index (χ1n) is 8.20. The van der Waals surface area contributed by atoms with Crippen LogP contribution >= 0.6 is 0 Å². The van der Waals surface area contributed by atoms with Gasteiger partial charge < -0.3 is 19.5 Å². The maximum atomic E-state index is 12.4. The highest BCUT2D eigenvalue weighted by Crippen LogP contribution is 2.25. The molecular weight excluding hydrogens is 350 g/mol. The molecule has 0 aliphatic rings. The van der Waals surface area contributed by atoms with Crippen LogP contribution in [0.1, 0.15) is 34.6 Å². The SMILES string of the molecule is COc1ccc(C(=O)O[C@H](C)C(=O)Nc2cccc(C(C)=O)c2)c(OC)c1. The summed E-state index contributed by atoms with van der Waals surface area (Å²) in [6.45, 7) is 2.89. The topological polar surface area (TPSA) is 90.9 Å². The van der Waals surface area contributed by atoms with Crippen LogP contribution in [0.5, 0.6) is 11.5 Å². The van der Waals surface area contributed by atoms with Crippen LogP contribution in [0.4, 0.5) is 5.69 Å². The van der Waals surface area contributed by atoms with Crippen molar-refractivity contribution in [3.8, 4) is 11.5 Å². The van der Waals surface area contributed by atoms with E-state index < -0.39 is 18.0 Å². The van der Waals surface area contributed by atoms with Crippen molar-refractivity contribution in [3.63, 3.8) is 0 Å². The number of methoxy groups -OCH3 is 2. The van der Waals surface area contributed by atoms with Crippen LogP contribution in [-0.4, -0.2) is 38.0 Å². The number of amides is 1. The summed E-state index contributed by atoms with van der Waals surface area (Å²) in [6, 6.07) is 11.2. The molecule has 0 saturated carbocycles. The Hall–Kier alpha value is -3.35. The van der Waals surface area contributed by atoms with Gasteiger partial charge in [-0.3, -0.25) is 9.59 Å². The van der Waals surface area contributed by atoms with Crippen LogP contribution in [0.2, 0.25) is 0 Å². The average molecular weight is 371 g/mol. The van der Waals surface area contributed by atoms with E-state index in [0.29, 0.717) is 17.0 Å². The summed E-state index contributed by atoms with van der Waals surface area (Å²) in [5.74, 6) is -0.524. The molecule has 2 aromatic rings. The second-order valence-corrected chi connectivity index (χ2v) is 5.74. The summed E-state index contributed by atoms with van der Waals surface area (Å²) < 4.78 is 15.5. The van der Waals surface area contributed by atoms with E-state index in [0.717, 1.165) is 0 Å². The number of esters is 1. The van der Waals surface area contributed by atoms with Crippen molar-refractivity contribution in [2.75, 3.05) is 19.5 Å². The molecule has 0 fully saturated rings. The number of rotatable bonds is 7. The standard InChI is InChI=1S/C20H21NO6/c1-12(22)14-6-5-7-15(10-14)21-19(23)13(2)27-20(24)17-9-8-16(25-3)11-18(17)26-4/h5-11,13H,1-4H3,(H,21,23)/t13-/m1/s1. The fourth-order valence-electron chi connectivity index (χ4n) is 2.30. The van der Waals surface area contributed by atoms with E-state index in [4.69, 9.17) is 14.2 Å². The number of anilines is 1. The van der Waals surface area contributed by atoms with Crippen molar-refractivity contribution < 1.29 is 28.6 Å². The van der Waals surface area contributed by atoms with Crippen molar-refractivity contribution in [1.29, 1.82) is 0 Å². The molecule has 0 spiro atoms. The average Bonchev–Trinajstić information content (AvgIpc) is 2.67. The summed E-state index contributed by atoms with van der Waals surface area (Å²) in [5, 5.41) is 2.62. The molecule has 0 saturated heterocycles. The highest BCUT2D eigenvalue weighted by molar-refractivity contribution is 6.00. The van der Waals surface area contributed by atoms with E-state index in [1.807, 2.05) is 0 Å². The van der Waals surface area contributed by atoms with Crippen LogP contribution in [0.3, 0.4) is 0 Å². The number of ether oxygens (including phenoxy) is 3. The predicted molar refractivity (Wildman–Crippen MR) is 99.5 cm³/mol. The molecule has 7 nitrogen and oxygen atoms in total. The van der Waals surface area contributed by atoms with Gasteiger partial charge in [-0.2, -0.15) is 0 Å². The zero-order chi connectivity index (χ0) is 20.0. The Balaban J connectivity index is 2.07. The molecule has 0 radical (unpaired) electrons. The normalized spacial score (nSPS) is 11.3. The van der Waals surface area contributed by atoms with E-state index in [9.17, 15) is 14.4 Å². The summed E-state index contributed by atoms with van der Waals surface area (Å²) in [4.78, 5) is 36.1. The summed E-state index contributed by atoms with van der Waals surface area (Å²) in [5.41, 5.74) is 1.09. The molecule has 1 N–H and O–H groups in total. The fourth-order valence-corrected chi connectivity index (χ4v) is 2.30. The Morgan fingerprint density at radius 1 is 1.00 bits per heavy atom. The van der Waals surface area contributed by atoms with Crippen molar-refractivity contribution in [2.24, 2.45) is 0 Å². The fraction of sp³-hybridized carbons (Fsp3) is 0.250. The number of benzene rings is 2. The van der Waals surface area contributed by atoms with Gasteiger partial charge in [-0.1, -0.05) is 12.1 Å². The number of hydrogen-bond donors (Lipinski definition) is 1. The molecule has 0 bridgehead atoms. The van der Waals surface area contributed by atoms with Crippen LogP contribution in [-0.2, 0) is 9.53 Å². The van der Waals surface area contributed by atoms with Crippen molar-refractivity contribution in [2.45, 2.75) is 20.0 Å². The van der Waals surface area contributed by atoms with Crippen LogP contribution in [0.25, 0.3) is 0 Å².